The van der Waals surface area contributed by atoms with Gasteiger partial charge in [0.05, 0.1) is 0 Å². The summed E-state index contributed by atoms with van der Waals surface area (Å²) >= 11 is 0. The summed E-state index contributed by atoms with van der Waals surface area (Å²) in [6.07, 6.45) is 5.47. The monoisotopic (exact) mass is 309 g/mol. The lowest BCUT2D eigenvalue weighted by molar-refractivity contribution is -0.126. The number of nitrogens with one attached hydrogen (secondary N) is 1. The van der Waals surface area contributed by atoms with Gasteiger partial charge in [-0.05, 0) is 55.2 Å². The van der Waals surface area contributed by atoms with E-state index in [1.54, 1.807) is 12.1 Å². The zero-order valence-electron chi connectivity index (χ0n) is 12.4. The van der Waals surface area contributed by atoms with Crippen LogP contribution >= 0.6 is 0 Å². The fourth-order valence-corrected chi connectivity index (χ4v) is 3.86. The zero-order chi connectivity index (χ0) is 15.5. The van der Waals surface area contributed by atoms with Crippen molar-refractivity contribution < 1.29 is 18.3 Å². The van der Waals surface area contributed by atoms with Gasteiger partial charge in [-0.15, -0.1) is 0 Å². The summed E-state index contributed by atoms with van der Waals surface area (Å²) in [5.41, 5.74) is 0.995. The number of carbonyl (C=O) groups excluding carboxylic acids is 1. The van der Waals surface area contributed by atoms with Gasteiger partial charge in [-0.2, -0.15) is 8.78 Å². The summed E-state index contributed by atoms with van der Waals surface area (Å²) in [5, 5.41) is 3.01. The lowest BCUT2D eigenvalue weighted by Crippen LogP contribution is -2.34. The van der Waals surface area contributed by atoms with E-state index in [2.05, 4.69) is 10.1 Å². The van der Waals surface area contributed by atoms with Crippen molar-refractivity contribution in [1.82, 2.24) is 5.32 Å². The molecule has 2 fully saturated rings. The second kappa shape index (κ2) is 6.63. The first-order valence-electron chi connectivity index (χ1n) is 7.93. The molecule has 3 rings (SSSR count). The van der Waals surface area contributed by atoms with Crippen molar-refractivity contribution in [1.29, 1.82) is 0 Å². The lowest BCUT2D eigenvalue weighted by atomic mass is 9.88. The average Bonchev–Trinajstić information content (AvgIpc) is 3.11. The van der Waals surface area contributed by atoms with Crippen LogP contribution in [0.3, 0.4) is 0 Å². The number of benzene rings is 1. The molecule has 1 aromatic rings. The van der Waals surface area contributed by atoms with Crippen LogP contribution < -0.4 is 10.1 Å². The third kappa shape index (κ3) is 3.57. The largest absolute Gasteiger partial charge is 0.435 e. The van der Waals surface area contributed by atoms with Crippen LogP contribution in [0.5, 0.6) is 5.75 Å². The SMILES string of the molecule is O=C(NCCc1ccc(OC(F)F)cc1)C1CC2CCC1C2. The van der Waals surface area contributed by atoms with Crippen LogP contribution in [0, 0.1) is 17.8 Å². The van der Waals surface area contributed by atoms with Crippen LogP contribution in [-0.4, -0.2) is 19.1 Å². The Balaban J connectivity index is 1.42. The van der Waals surface area contributed by atoms with Gasteiger partial charge in [-0.1, -0.05) is 18.6 Å². The van der Waals surface area contributed by atoms with Gasteiger partial charge in [0, 0.05) is 12.5 Å². The van der Waals surface area contributed by atoms with E-state index in [1.165, 1.54) is 31.4 Å². The fourth-order valence-electron chi connectivity index (χ4n) is 3.86. The van der Waals surface area contributed by atoms with Crippen molar-refractivity contribution in [3.63, 3.8) is 0 Å². The molecule has 2 aliphatic rings. The Kier molecular flexibility index (Phi) is 4.60. The van der Waals surface area contributed by atoms with Crippen molar-refractivity contribution in [2.24, 2.45) is 17.8 Å². The van der Waals surface area contributed by atoms with E-state index in [4.69, 9.17) is 0 Å². The Bertz CT molecular complexity index is 518. The van der Waals surface area contributed by atoms with Gasteiger partial charge in [0.1, 0.15) is 5.75 Å². The molecule has 22 heavy (non-hydrogen) atoms. The topological polar surface area (TPSA) is 38.3 Å². The number of rotatable bonds is 6. The Morgan fingerprint density at radius 3 is 2.59 bits per heavy atom. The van der Waals surface area contributed by atoms with Crippen molar-refractivity contribution in [3.8, 4) is 5.75 Å². The molecular formula is C17H21F2NO2. The fraction of sp³-hybridized carbons (Fsp3) is 0.588. The Labute approximate surface area is 129 Å². The van der Waals surface area contributed by atoms with E-state index in [1.807, 2.05) is 0 Å². The summed E-state index contributed by atoms with van der Waals surface area (Å²) in [4.78, 5) is 12.2. The van der Waals surface area contributed by atoms with Crippen LogP contribution in [-0.2, 0) is 11.2 Å². The molecule has 3 nitrogen and oxygen atoms in total. The summed E-state index contributed by atoms with van der Waals surface area (Å²) in [6, 6.07) is 6.56. The van der Waals surface area contributed by atoms with Crippen LogP contribution in [0.4, 0.5) is 8.78 Å². The number of carbonyl (C=O) groups is 1. The number of hydrogen-bond donors (Lipinski definition) is 1. The molecule has 2 saturated carbocycles. The minimum Gasteiger partial charge on any atom is -0.435 e. The molecule has 120 valence electrons. The number of ether oxygens (including phenoxy) is 1. The molecular weight excluding hydrogens is 288 g/mol. The van der Waals surface area contributed by atoms with E-state index in [0.717, 1.165) is 17.9 Å². The summed E-state index contributed by atoms with van der Waals surface area (Å²) < 4.78 is 28.4. The van der Waals surface area contributed by atoms with Gasteiger partial charge in [-0.3, -0.25) is 4.79 Å². The van der Waals surface area contributed by atoms with Crippen LogP contribution in [0.2, 0.25) is 0 Å². The third-order valence-electron chi connectivity index (χ3n) is 4.94. The highest BCUT2D eigenvalue weighted by Gasteiger charge is 2.42. The number of alkyl halides is 2. The first kappa shape index (κ1) is 15.3. The summed E-state index contributed by atoms with van der Waals surface area (Å²) in [6.45, 7) is -2.21. The normalized spacial score (nSPS) is 26.4. The lowest BCUT2D eigenvalue weighted by Gasteiger charge is -2.20. The van der Waals surface area contributed by atoms with Crippen LogP contribution in [0.25, 0.3) is 0 Å². The molecule has 0 spiro atoms. The molecule has 1 N–H and O–H groups in total. The van der Waals surface area contributed by atoms with Gasteiger partial charge >= 0.3 is 6.61 Å². The van der Waals surface area contributed by atoms with E-state index in [9.17, 15) is 13.6 Å². The van der Waals surface area contributed by atoms with E-state index in [0.29, 0.717) is 18.9 Å². The molecule has 0 radical (unpaired) electrons. The predicted octanol–water partition coefficient (Wildman–Crippen LogP) is 3.38. The second-order valence-corrected chi connectivity index (χ2v) is 6.34. The number of hydrogen-bond acceptors (Lipinski definition) is 2. The smallest absolute Gasteiger partial charge is 0.387 e. The highest BCUT2D eigenvalue weighted by Crippen LogP contribution is 2.48. The molecule has 1 amide bonds. The molecule has 0 aliphatic heterocycles. The van der Waals surface area contributed by atoms with E-state index in [-0.39, 0.29) is 17.6 Å². The van der Waals surface area contributed by atoms with Gasteiger partial charge in [-0.25, -0.2) is 0 Å². The van der Waals surface area contributed by atoms with E-state index < -0.39 is 6.61 Å². The Morgan fingerprint density at radius 2 is 2.00 bits per heavy atom. The minimum atomic E-state index is -2.80. The maximum Gasteiger partial charge on any atom is 0.387 e. The Morgan fingerprint density at radius 1 is 1.23 bits per heavy atom. The van der Waals surface area contributed by atoms with Crippen LogP contribution in [0.15, 0.2) is 24.3 Å². The molecule has 2 aliphatic carbocycles. The molecule has 3 atom stereocenters. The second-order valence-electron chi connectivity index (χ2n) is 6.34. The highest BCUT2D eigenvalue weighted by molar-refractivity contribution is 5.79. The molecule has 1 aromatic carbocycles. The standard InChI is InChI=1S/C17H21F2NO2/c18-17(19)22-14-5-2-11(3-6-14)7-8-20-16(21)15-10-12-1-4-13(15)9-12/h2-3,5-6,12-13,15,17H,1,4,7-10H2,(H,20,21). The number of amides is 1. The first-order chi connectivity index (χ1) is 10.6. The third-order valence-corrected chi connectivity index (χ3v) is 4.94. The summed E-state index contributed by atoms with van der Waals surface area (Å²) in [7, 11) is 0. The predicted molar refractivity (Wildman–Crippen MR) is 78.7 cm³/mol. The van der Waals surface area contributed by atoms with E-state index >= 15 is 0 Å². The van der Waals surface area contributed by atoms with Gasteiger partial charge in [0.25, 0.3) is 0 Å². The molecule has 3 unspecified atom stereocenters. The van der Waals surface area contributed by atoms with Crippen LogP contribution in [0.1, 0.15) is 31.2 Å². The van der Waals surface area contributed by atoms with Gasteiger partial charge < -0.3 is 10.1 Å². The molecule has 0 saturated heterocycles. The van der Waals surface area contributed by atoms with Crippen molar-refractivity contribution >= 4 is 5.91 Å². The first-order valence-corrected chi connectivity index (χ1v) is 7.93. The van der Waals surface area contributed by atoms with Crippen molar-refractivity contribution in [2.75, 3.05) is 6.54 Å². The van der Waals surface area contributed by atoms with Crippen molar-refractivity contribution in [2.45, 2.75) is 38.7 Å². The molecule has 0 aromatic heterocycles. The van der Waals surface area contributed by atoms with Gasteiger partial charge in [0.15, 0.2) is 0 Å². The minimum absolute atomic E-state index is 0.157. The molecule has 0 heterocycles. The number of fused-ring (bicyclic) bond motifs is 2. The summed E-state index contributed by atoms with van der Waals surface area (Å²) in [5.74, 6) is 1.91. The molecule has 5 heteroatoms. The maximum absolute atomic E-state index is 12.2. The Hall–Kier alpha value is -1.65. The number of halogens is 2. The zero-order valence-corrected chi connectivity index (χ0v) is 12.4. The average molecular weight is 309 g/mol. The van der Waals surface area contributed by atoms with Crippen molar-refractivity contribution in [3.05, 3.63) is 29.8 Å². The highest BCUT2D eigenvalue weighted by atomic mass is 19.3. The molecule has 2 bridgehead atoms. The van der Waals surface area contributed by atoms with Gasteiger partial charge in [0.2, 0.25) is 5.91 Å². The quantitative estimate of drug-likeness (QED) is 0.875. The maximum atomic E-state index is 12.2.